The summed E-state index contributed by atoms with van der Waals surface area (Å²) in [5, 5.41) is 2.69. The Morgan fingerprint density at radius 1 is 1.29 bits per heavy atom. The van der Waals surface area contributed by atoms with Gasteiger partial charge >= 0.3 is 0 Å². The van der Waals surface area contributed by atoms with Crippen molar-refractivity contribution in [1.29, 1.82) is 0 Å². The van der Waals surface area contributed by atoms with E-state index < -0.39 is 23.0 Å². The molecule has 34 heavy (non-hydrogen) atoms. The number of likely N-dealkylation sites (tertiary alicyclic amines) is 1. The lowest BCUT2D eigenvalue weighted by Crippen LogP contribution is -2.43. The van der Waals surface area contributed by atoms with E-state index in [0.29, 0.717) is 11.1 Å². The SMILES string of the molecule is Cc1csc([C@@H](C)N(C)C(=O)C[C@]2(c3cccc(F)c3)CC(=O)N(Cc3cccnc3)C2=O)n1. The number of aromatic nitrogens is 2. The van der Waals surface area contributed by atoms with Gasteiger partial charge in [0.25, 0.3) is 0 Å². The van der Waals surface area contributed by atoms with E-state index in [4.69, 9.17) is 0 Å². The fraction of sp³-hybridized carbons (Fsp3) is 0.320. The maximum absolute atomic E-state index is 14.2. The second-order valence-electron chi connectivity index (χ2n) is 8.60. The molecule has 0 bridgehead atoms. The van der Waals surface area contributed by atoms with E-state index in [0.717, 1.165) is 15.6 Å². The van der Waals surface area contributed by atoms with Gasteiger partial charge in [-0.1, -0.05) is 18.2 Å². The molecule has 7 nitrogen and oxygen atoms in total. The van der Waals surface area contributed by atoms with Crippen LogP contribution in [0, 0.1) is 12.7 Å². The number of imide groups is 1. The molecule has 176 valence electrons. The lowest BCUT2D eigenvalue weighted by atomic mass is 9.75. The van der Waals surface area contributed by atoms with Crippen molar-refractivity contribution in [2.24, 2.45) is 0 Å². The monoisotopic (exact) mass is 480 g/mol. The first-order chi connectivity index (χ1) is 16.2. The predicted molar refractivity (Wildman–Crippen MR) is 125 cm³/mol. The third-order valence-electron chi connectivity index (χ3n) is 6.27. The zero-order chi connectivity index (χ0) is 24.5. The van der Waals surface area contributed by atoms with Crippen molar-refractivity contribution >= 4 is 29.1 Å². The molecule has 0 saturated carbocycles. The minimum Gasteiger partial charge on any atom is -0.337 e. The Labute approximate surface area is 201 Å². The topological polar surface area (TPSA) is 83.5 Å². The molecule has 3 heterocycles. The Morgan fingerprint density at radius 2 is 2.09 bits per heavy atom. The van der Waals surface area contributed by atoms with E-state index >= 15 is 0 Å². The highest BCUT2D eigenvalue weighted by atomic mass is 32.1. The van der Waals surface area contributed by atoms with Crippen LogP contribution in [0.3, 0.4) is 0 Å². The summed E-state index contributed by atoms with van der Waals surface area (Å²) in [7, 11) is 1.65. The van der Waals surface area contributed by atoms with Crippen LogP contribution >= 0.6 is 11.3 Å². The van der Waals surface area contributed by atoms with Gasteiger partial charge in [-0.05, 0) is 43.2 Å². The summed E-state index contributed by atoms with van der Waals surface area (Å²) in [5.41, 5.74) is 0.395. The van der Waals surface area contributed by atoms with Crippen molar-refractivity contribution in [3.8, 4) is 0 Å². The van der Waals surface area contributed by atoms with Crippen LogP contribution in [0.4, 0.5) is 4.39 Å². The van der Waals surface area contributed by atoms with E-state index in [2.05, 4.69) is 9.97 Å². The number of hydrogen-bond donors (Lipinski definition) is 0. The molecule has 1 saturated heterocycles. The Morgan fingerprint density at radius 3 is 2.74 bits per heavy atom. The fourth-order valence-electron chi connectivity index (χ4n) is 4.22. The first kappa shape index (κ1) is 23.7. The lowest BCUT2D eigenvalue weighted by Gasteiger charge is -2.31. The number of rotatable bonds is 7. The van der Waals surface area contributed by atoms with Crippen LogP contribution in [0.1, 0.15) is 47.6 Å². The van der Waals surface area contributed by atoms with Gasteiger partial charge in [-0.15, -0.1) is 11.3 Å². The van der Waals surface area contributed by atoms with Crippen molar-refractivity contribution in [3.05, 3.63) is 81.8 Å². The number of carbonyl (C=O) groups is 3. The van der Waals surface area contributed by atoms with Crippen molar-refractivity contribution < 1.29 is 18.8 Å². The minimum absolute atomic E-state index is 0.0431. The molecule has 0 unspecified atom stereocenters. The van der Waals surface area contributed by atoms with Crippen molar-refractivity contribution in [2.75, 3.05) is 7.05 Å². The molecular weight excluding hydrogens is 455 g/mol. The Hall–Kier alpha value is -3.46. The summed E-state index contributed by atoms with van der Waals surface area (Å²) in [6.45, 7) is 3.79. The zero-order valence-electron chi connectivity index (χ0n) is 19.2. The average molecular weight is 481 g/mol. The van der Waals surface area contributed by atoms with Crippen molar-refractivity contribution in [2.45, 2.75) is 44.7 Å². The third kappa shape index (κ3) is 4.48. The molecule has 3 amide bonds. The molecule has 4 rings (SSSR count). The van der Waals surface area contributed by atoms with Gasteiger partial charge in [0.2, 0.25) is 17.7 Å². The number of carbonyl (C=O) groups excluding carboxylic acids is 3. The van der Waals surface area contributed by atoms with Gasteiger partial charge in [-0.2, -0.15) is 0 Å². The highest BCUT2D eigenvalue weighted by molar-refractivity contribution is 7.09. The van der Waals surface area contributed by atoms with Crippen LogP contribution < -0.4 is 0 Å². The largest absolute Gasteiger partial charge is 0.337 e. The van der Waals surface area contributed by atoms with E-state index in [1.165, 1.54) is 34.4 Å². The number of aryl methyl sites for hydroxylation is 1. The molecule has 1 aliphatic heterocycles. The van der Waals surface area contributed by atoms with Crippen molar-refractivity contribution in [3.63, 3.8) is 0 Å². The van der Waals surface area contributed by atoms with Crippen LogP contribution in [0.25, 0.3) is 0 Å². The van der Waals surface area contributed by atoms with E-state index in [1.807, 2.05) is 19.2 Å². The van der Waals surface area contributed by atoms with Crippen LogP contribution in [0.2, 0.25) is 0 Å². The number of amides is 3. The number of nitrogens with zero attached hydrogens (tertiary/aromatic N) is 4. The predicted octanol–water partition coefficient (Wildman–Crippen LogP) is 3.79. The number of hydrogen-bond acceptors (Lipinski definition) is 6. The quantitative estimate of drug-likeness (QED) is 0.481. The Kier molecular flexibility index (Phi) is 6.56. The summed E-state index contributed by atoms with van der Waals surface area (Å²) in [5.74, 6) is -1.77. The highest BCUT2D eigenvalue weighted by Crippen LogP contribution is 2.41. The molecule has 0 radical (unpaired) electrons. The van der Waals surface area contributed by atoms with Gasteiger partial charge in [0, 0.05) is 43.4 Å². The van der Waals surface area contributed by atoms with E-state index in [1.54, 1.807) is 37.6 Å². The van der Waals surface area contributed by atoms with Gasteiger partial charge in [0.15, 0.2) is 0 Å². The van der Waals surface area contributed by atoms with Gasteiger partial charge < -0.3 is 4.90 Å². The van der Waals surface area contributed by atoms with Gasteiger partial charge in [0.1, 0.15) is 10.8 Å². The molecule has 1 aliphatic rings. The normalized spacial score (nSPS) is 18.9. The second-order valence-corrected chi connectivity index (χ2v) is 9.49. The number of thiazole rings is 1. The van der Waals surface area contributed by atoms with E-state index in [9.17, 15) is 18.8 Å². The summed E-state index contributed by atoms with van der Waals surface area (Å²) in [6.07, 6.45) is 2.72. The summed E-state index contributed by atoms with van der Waals surface area (Å²) in [4.78, 5) is 51.4. The summed E-state index contributed by atoms with van der Waals surface area (Å²) in [6, 6.07) is 8.78. The summed E-state index contributed by atoms with van der Waals surface area (Å²) >= 11 is 1.46. The number of benzene rings is 1. The van der Waals surface area contributed by atoms with Crippen LogP contribution in [0.15, 0.2) is 54.2 Å². The molecule has 0 aliphatic carbocycles. The van der Waals surface area contributed by atoms with Gasteiger partial charge in [-0.25, -0.2) is 9.37 Å². The standard InChI is InChI=1S/C25H25FN4O3S/c1-16-15-34-23(28-16)17(2)29(3)21(31)11-25(19-7-4-8-20(26)10-19)12-22(32)30(24(25)33)14-18-6-5-9-27-13-18/h4-10,13,15,17H,11-12,14H2,1-3H3/t17-,25-/m1/s1. The fourth-order valence-corrected chi connectivity index (χ4v) is 5.11. The van der Waals surface area contributed by atoms with Gasteiger partial charge in [-0.3, -0.25) is 24.3 Å². The summed E-state index contributed by atoms with van der Waals surface area (Å²) < 4.78 is 14.2. The molecule has 1 fully saturated rings. The van der Waals surface area contributed by atoms with E-state index in [-0.39, 0.29) is 31.3 Å². The number of pyridine rings is 1. The van der Waals surface area contributed by atoms with Crippen LogP contribution in [-0.2, 0) is 26.3 Å². The van der Waals surface area contributed by atoms with Gasteiger partial charge in [0.05, 0.1) is 18.0 Å². The van der Waals surface area contributed by atoms with Crippen LogP contribution in [-0.4, -0.2) is 44.5 Å². The molecule has 3 aromatic rings. The highest BCUT2D eigenvalue weighted by Gasteiger charge is 2.54. The van der Waals surface area contributed by atoms with Crippen LogP contribution in [0.5, 0.6) is 0 Å². The lowest BCUT2D eigenvalue weighted by molar-refractivity contribution is -0.143. The third-order valence-corrected chi connectivity index (χ3v) is 7.40. The smallest absolute Gasteiger partial charge is 0.241 e. The molecule has 2 atom stereocenters. The second kappa shape index (κ2) is 9.42. The minimum atomic E-state index is -1.48. The Bertz CT molecular complexity index is 1230. The first-order valence-electron chi connectivity index (χ1n) is 10.9. The molecule has 1 aromatic carbocycles. The number of halogens is 1. The Balaban J connectivity index is 1.66. The maximum Gasteiger partial charge on any atom is 0.241 e. The molecular formula is C25H25FN4O3S. The van der Waals surface area contributed by atoms with Crippen molar-refractivity contribution in [1.82, 2.24) is 19.8 Å². The maximum atomic E-state index is 14.2. The average Bonchev–Trinajstić information content (AvgIpc) is 3.36. The molecule has 0 N–H and O–H groups in total. The molecule has 9 heteroatoms. The zero-order valence-corrected chi connectivity index (χ0v) is 20.0. The molecule has 0 spiro atoms. The molecule has 2 aromatic heterocycles. The first-order valence-corrected chi connectivity index (χ1v) is 11.8.